The fourth-order valence-electron chi connectivity index (χ4n) is 2.95. The largest absolute Gasteiger partial charge is 0.321 e. The van der Waals surface area contributed by atoms with Crippen molar-refractivity contribution < 1.29 is 4.92 Å². The zero-order valence-corrected chi connectivity index (χ0v) is 11.0. The number of non-ortho nitro benzene ring substituents is 1. The molecule has 0 aliphatic heterocycles. The Hall–Kier alpha value is -2.20. The van der Waals surface area contributed by atoms with Gasteiger partial charge < -0.3 is 5.73 Å². The van der Waals surface area contributed by atoms with Crippen molar-refractivity contribution in [3.63, 3.8) is 0 Å². The Morgan fingerprint density at radius 1 is 1.10 bits per heavy atom. The normalized spacial score (nSPS) is 24.9. The Balaban J connectivity index is 1.79. The summed E-state index contributed by atoms with van der Waals surface area (Å²) in [5.74, 6) is 0.445. The minimum absolute atomic E-state index is 0.107. The topological polar surface area (TPSA) is 69.2 Å². The average molecular weight is 268 g/mol. The molecule has 0 spiro atoms. The summed E-state index contributed by atoms with van der Waals surface area (Å²) in [7, 11) is 0. The van der Waals surface area contributed by atoms with Gasteiger partial charge in [0.2, 0.25) is 0 Å². The van der Waals surface area contributed by atoms with Crippen LogP contribution in [-0.2, 0) is 5.54 Å². The van der Waals surface area contributed by atoms with Crippen molar-refractivity contribution in [3.05, 3.63) is 75.8 Å². The highest BCUT2D eigenvalue weighted by molar-refractivity contribution is 5.40. The Labute approximate surface area is 117 Å². The molecular formula is C16H16N2O2. The van der Waals surface area contributed by atoms with Crippen molar-refractivity contribution in [3.8, 4) is 0 Å². The molecule has 0 aromatic heterocycles. The van der Waals surface area contributed by atoms with Crippen LogP contribution in [0.2, 0.25) is 0 Å². The summed E-state index contributed by atoms with van der Waals surface area (Å²) in [4.78, 5) is 10.5. The minimum Gasteiger partial charge on any atom is -0.321 e. The number of benzene rings is 2. The van der Waals surface area contributed by atoms with Gasteiger partial charge in [-0.2, -0.15) is 0 Å². The molecular weight excluding hydrogens is 252 g/mol. The summed E-state index contributed by atoms with van der Waals surface area (Å²) in [5.41, 5.74) is 8.22. The van der Waals surface area contributed by atoms with Crippen molar-refractivity contribution in [2.24, 2.45) is 5.73 Å². The van der Waals surface area contributed by atoms with Crippen LogP contribution in [-0.4, -0.2) is 4.92 Å². The lowest BCUT2D eigenvalue weighted by molar-refractivity contribution is -0.385. The van der Waals surface area contributed by atoms with Gasteiger partial charge in [0.1, 0.15) is 0 Å². The molecule has 3 rings (SSSR count). The van der Waals surface area contributed by atoms with E-state index < -0.39 is 5.54 Å². The van der Waals surface area contributed by atoms with E-state index in [1.807, 2.05) is 24.3 Å². The highest BCUT2D eigenvalue weighted by atomic mass is 16.6. The molecule has 0 heterocycles. The van der Waals surface area contributed by atoms with E-state index in [1.165, 1.54) is 11.6 Å². The van der Waals surface area contributed by atoms with Gasteiger partial charge in [-0.1, -0.05) is 42.5 Å². The molecule has 1 aliphatic rings. The molecule has 1 saturated carbocycles. The van der Waals surface area contributed by atoms with Gasteiger partial charge in [-0.05, 0) is 29.9 Å². The molecule has 0 saturated heterocycles. The van der Waals surface area contributed by atoms with Crippen molar-refractivity contribution in [1.29, 1.82) is 0 Å². The first-order valence-corrected chi connectivity index (χ1v) is 6.67. The second-order valence-electron chi connectivity index (χ2n) is 5.48. The van der Waals surface area contributed by atoms with Crippen molar-refractivity contribution in [1.82, 2.24) is 0 Å². The molecule has 2 aromatic rings. The van der Waals surface area contributed by atoms with Gasteiger partial charge in [-0.25, -0.2) is 0 Å². The summed E-state index contributed by atoms with van der Waals surface area (Å²) in [6.45, 7) is 0. The maximum absolute atomic E-state index is 10.8. The fraction of sp³-hybridized carbons (Fsp3) is 0.250. The van der Waals surface area contributed by atoms with Crippen LogP contribution < -0.4 is 5.73 Å². The molecule has 2 aromatic carbocycles. The van der Waals surface area contributed by atoms with Gasteiger partial charge in [-0.15, -0.1) is 0 Å². The summed E-state index contributed by atoms with van der Waals surface area (Å²) >= 11 is 0. The molecule has 1 aliphatic carbocycles. The third-order valence-electron chi connectivity index (χ3n) is 4.12. The summed E-state index contributed by atoms with van der Waals surface area (Å²) in [6.07, 6.45) is 1.66. The third-order valence-corrected chi connectivity index (χ3v) is 4.12. The lowest BCUT2D eigenvalue weighted by atomic mass is 9.63. The van der Waals surface area contributed by atoms with Gasteiger partial charge in [0, 0.05) is 17.7 Å². The lowest BCUT2D eigenvalue weighted by Gasteiger charge is -2.45. The number of hydrogen-bond acceptors (Lipinski definition) is 3. The van der Waals surface area contributed by atoms with Crippen LogP contribution in [0.4, 0.5) is 5.69 Å². The molecule has 2 N–H and O–H groups in total. The van der Waals surface area contributed by atoms with E-state index in [0.29, 0.717) is 5.92 Å². The van der Waals surface area contributed by atoms with Gasteiger partial charge in [0.05, 0.1) is 4.92 Å². The monoisotopic (exact) mass is 268 g/mol. The molecule has 0 unspecified atom stereocenters. The number of rotatable bonds is 3. The first-order chi connectivity index (χ1) is 9.58. The lowest BCUT2D eigenvalue weighted by Crippen LogP contribution is -2.47. The van der Waals surface area contributed by atoms with Crippen molar-refractivity contribution >= 4 is 5.69 Å². The quantitative estimate of drug-likeness (QED) is 0.685. The average Bonchev–Trinajstić information content (AvgIpc) is 2.45. The Morgan fingerprint density at radius 3 is 2.45 bits per heavy atom. The zero-order chi connectivity index (χ0) is 14.2. The van der Waals surface area contributed by atoms with E-state index in [2.05, 4.69) is 12.1 Å². The van der Waals surface area contributed by atoms with E-state index in [1.54, 1.807) is 12.1 Å². The highest BCUT2D eigenvalue weighted by Gasteiger charge is 2.43. The van der Waals surface area contributed by atoms with E-state index in [9.17, 15) is 10.1 Å². The minimum atomic E-state index is -0.438. The standard InChI is InChI=1S/C16H16N2O2/c17-16(14-7-4-8-15(9-14)18(19)20)10-13(11-16)12-5-2-1-3-6-12/h1-9,13H,10-11,17H2. The van der Waals surface area contributed by atoms with Crippen LogP contribution in [0.25, 0.3) is 0 Å². The molecule has 1 fully saturated rings. The molecule has 0 atom stereocenters. The van der Waals surface area contributed by atoms with Gasteiger partial charge in [0.15, 0.2) is 0 Å². The molecule has 102 valence electrons. The summed E-state index contributed by atoms with van der Waals surface area (Å²) in [6, 6.07) is 17.0. The molecule has 4 heteroatoms. The molecule has 0 amide bonds. The number of nitrogens with zero attached hydrogens (tertiary/aromatic N) is 1. The van der Waals surface area contributed by atoms with E-state index in [-0.39, 0.29) is 10.6 Å². The molecule has 4 nitrogen and oxygen atoms in total. The number of hydrogen-bond donors (Lipinski definition) is 1. The highest BCUT2D eigenvalue weighted by Crippen LogP contribution is 2.49. The van der Waals surface area contributed by atoms with Crippen LogP contribution in [0.5, 0.6) is 0 Å². The van der Waals surface area contributed by atoms with Gasteiger partial charge >= 0.3 is 0 Å². The van der Waals surface area contributed by atoms with Gasteiger partial charge in [-0.3, -0.25) is 10.1 Å². The molecule has 0 bridgehead atoms. The van der Waals surface area contributed by atoms with Crippen LogP contribution >= 0.6 is 0 Å². The van der Waals surface area contributed by atoms with E-state index in [0.717, 1.165) is 18.4 Å². The summed E-state index contributed by atoms with van der Waals surface area (Å²) in [5, 5.41) is 10.8. The molecule has 20 heavy (non-hydrogen) atoms. The Bertz CT molecular complexity index is 634. The third kappa shape index (κ3) is 2.18. The number of nitrogens with two attached hydrogens (primary N) is 1. The van der Waals surface area contributed by atoms with Gasteiger partial charge in [0.25, 0.3) is 5.69 Å². The second-order valence-corrected chi connectivity index (χ2v) is 5.48. The first-order valence-electron chi connectivity index (χ1n) is 6.67. The van der Waals surface area contributed by atoms with Crippen LogP contribution in [0.15, 0.2) is 54.6 Å². The Morgan fingerprint density at radius 2 is 1.80 bits per heavy atom. The zero-order valence-electron chi connectivity index (χ0n) is 11.0. The maximum Gasteiger partial charge on any atom is 0.269 e. The van der Waals surface area contributed by atoms with Crippen LogP contribution in [0.1, 0.15) is 29.9 Å². The van der Waals surface area contributed by atoms with E-state index in [4.69, 9.17) is 5.73 Å². The maximum atomic E-state index is 10.8. The summed E-state index contributed by atoms with van der Waals surface area (Å²) < 4.78 is 0. The predicted octanol–water partition coefficient (Wildman–Crippen LogP) is 3.33. The smallest absolute Gasteiger partial charge is 0.269 e. The number of nitro groups is 1. The van der Waals surface area contributed by atoms with E-state index >= 15 is 0 Å². The van der Waals surface area contributed by atoms with Crippen LogP contribution in [0.3, 0.4) is 0 Å². The second kappa shape index (κ2) is 4.72. The Kier molecular flexibility index (Phi) is 3.03. The van der Waals surface area contributed by atoms with Crippen LogP contribution in [0, 0.1) is 10.1 Å². The first kappa shape index (κ1) is 12.8. The molecule has 0 radical (unpaired) electrons. The predicted molar refractivity (Wildman–Crippen MR) is 77.4 cm³/mol. The SMILES string of the molecule is NC1(c2cccc([N+](=O)[O-])c2)CC(c2ccccc2)C1. The van der Waals surface area contributed by atoms with Crippen molar-refractivity contribution in [2.45, 2.75) is 24.3 Å². The van der Waals surface area contributed by atoms with Crippen molar-refractivity contribution in [2.75, 3.05) is 0 Å². The fourth-order valence-corrected chi connectivity index (χ4v) is 2.95. The number of nitro benzene ring substituents is 1.